The van der Waals surface area contributed by atoms with Crippen molar-refractivity contribution in [3.63, 3.8) is 0 Å². The number of nitrogens with two attached hydrogens (primary N) is 1. The van der Waals surface area contributed by atoms with Gasteiger partial charge in [0.25, 0.3) is 0 Å². The highest BCUT2D eigenvalue weighted by Crippen LogP contribution is 2.41. The van der Waals surface area contributed by atoms with E-state index in [-0.39, 0.29) is 45.2 Å². The molecule has 2 fully saturated rings. The van der Waals surface area contributed by atoms with Crippen molar-refractivity contribution in [2.24, 2.45) is 11.7 Å². The van der Waals surface area contributed by atoms with Gasteiger partial charge in [0.15, 0.2) is 12.6 Å². The summed E-state index contributed by atoms with van der Waals surface area (Å²) in [6, 6.07) is 3.14. The molecule has 5 N–H and O–H groups in total. The van der Waals surface area contributed by atoms with E-state index in [1.165, 1.54) is 13.8 Å². The summed E-state index contributed by atoms with van der Waals surface area (Å²) in [4.78, 5) is 22.3. The van der Waals surface area contributed by atoms with E-state index in [0.29, 0.717) is 91.8 Å². The van der Waals surface area contributed by atoms with Crippen LogP contribution < -0.4 is 5.73 Å². The average molecular weight is 1000 g/mol. The minimum absolute atomic E-state index is 0.0903. The fourth-order valence-corrected chi connectivity index (χ4v) is 8.29. The molecule has 2 aliphatic rings. The minimum atomic E-state index is -1.62. The maximum absolute atomic E-state index is 11.1. The van der Waals surface area contributed by atoms with Crippen LogP contribution >= 0.6 is 17.2 Å². The van der Waals surface area contributed by atoms with Gasteiger partial charge in [0.05, 0.1) is 96.1 Å². The Morgan fingerprint density at radius 3 is 1.52 bits per heavy atom. The van der Waals surface area contributed by atoms with Crippen molar-refractivity contribution in [1.82, 2.24) is 0 Å². The first kappa shape index (κ1) is 61.3. The van der Waals surface area contributed by atoms with Crippen molar-refractivity contribution in [3.05, 3.63) is 0 Å². The van der Waals surface area contributed by atoms with Crippen molar-refractivity contribution in [1.29, 1.82) is 10.5 Å². The first-order valence-electron chi connectivity index (χ1n) is 23.3. The van der Waals surface area contributed by atoms with Crippen LogP contribution in [0.2, 0.25) is 0 Å². The highest BCUT2D eigenvalue weighted by atomic mass is 31.2. The summed E-state index contributed by atoms with van der Waals surface area (Å²) in [6.45, 7) is 8.85. The molecule has 0 aliphatic carbocycles. The van der Waals surface area contributed by atoms with Crippen molar-refractivity contribution in [3.8, 4) is 12.1 Å². The average Bonchev–Trinajstić information content (AvgIpc) is 3.30. The molecule has 0 aromatic rings. The first-order valence-corrected chi connectivity index (χ1v) is 25.5. The van der Waals surface area contributed by atoms with E-state index in [0.717, 1.165) is 44.9 Å². The Balaban J connectivity index is 1.48. The molecule has 11 atom stereocenters. The predicted octanol–water partition coefficient (Wildman–Crippen LogP) is 4.35. The molecule has 0 radical (unpaired) electrons. The smallest absolute Gasteiger partial charge is 0.332 e. The monoisotopic (exact) mass is 1000 g/mol. The number of aliphatic hydroxyl groups excluding tert-OH is 3. The van der Waals surface area contributed by atoms with Crippen LogP contribution in [0.3, 0.4) is 0 Å². The standard InChI is InChI=1S/C43H77N3O19P2/c1-33-37(49)30-36(31-56-34(2)47)64-42(33)54-20-8-4-6-10-22-58-66(60-24-12-16-44)62-26-14-18-52-28-29-53-19-15-27-63-67(61-25-13-17-45)59-23-11-7-5-9-21-55-43-39(46)41(51)40(50)38(65-43)32-57-35(3)48/h33,36-43,49-51H,4-15,18-32,46H2,1-3H3/t33-,36?,37?,38?,39?,40-,41+,42+,43+,66?,67?/m0/s1. The van der Waals surface area contributed by atoms with E-state index in [4.69, 9.17) is 81.3 Å². The van der Waals surface area contributed by atoms with Crippen molar-refractivity contribution < 1.29 is 89.9 Å². The van der Waals surface area contributed by atoms with Gasteiger partial charge in [-0.25, -0.2) is 0 Å². The summed E-state index contributed by atoms with van der Waals surface area (Å²) in [5.74, 6) is -1.11. The molecule has 2 heterocycles. The Morgan fingerprint density at radius 1 is 0.582 bits per heavy atom. The number of aliphatic hydroxyl groups is 3. The van der Waals surface area contributed by atoms with E-state index in [2.05, 4.69) is 6.07 Å². The summed E-state index contributed by atoms with van der Waals surface area (Å²) in [5, 5.41) is 48.6. The van der Waals surface area contributed by atoms with Crippen LogP contribution in [0.1, 0.15) is 104 Å². The van der Waals surface area contributed by atoms with Crippen LogP contribution in [0.25, 0.3) is 0 Å². The Morgan fingerprint density at radius 2 is 1.03 bits per heavy atom. The lowest BCUT2D eigenvalue weighted by Crippen LogP contribution is -2.62. The van der Waals surface area contributed by atoms with E-state index >= 15 is 0 Å². The van der Waals surface area contributed by atoms with Crippen LogP contribution in [0.5, 0.6) is 0 Å². The molecule has 0 spiro atoms. The third-order valence-corrected chi connectivity index (χ3v) is 12.4. The molecule has 388 valence electrons. The zero-order chi connectivity index (χ0) is 48.9. The molecule has 0 aromatic carbocycles. The molecule has 0 amide bonds. The lowest BCUT2D eigenvalue weighted by Gasteiger charge is -2.40. The Labute approximate surface area is 398 Å². The molecule has 67 heavy (non-hydrogen) atoms. The van der Waals surface area contributed by atoms with E-state index < -0.39 is 78.3 Å². The van der Waals surface area contributed by atoms with Crippen molar-refractivity contribution in [2.45, 2.75) is 153 Å². The summed E-state index contributed by atoms with van der Waals surface area (Å²) in [7, 11) is -3.22. The molecule has 22 nitrogen and oxygen atoms in total. The fourth-order valence-electron chi connectivity index (χ4n) is 6.25. The third-order valence-electron chi connectivity index (χ3n) is 10.0. The Kier molecular flexibility index (Phi) is 36.4. The van der Waals surface area contributed by atoms with Crippen LogP contribution in [-0.2, 0) is 74.6 Å². The second-order valence-corrected chi connectivity index (χ2v) is 18.2. The van der Waals surface area contributed by atoms with E-state index in [1.807, 2.05) is 13.0 Å². The van der Waals surface area contributed by atoms with Gasteiger partial charge in [-0.15, -0.1) is 0 Å². The first-order chi connectivity index (χ1) is 32.5. The zero-order valence-corrected chi connectivity index (χ0v) is 41.3. The van der Waals surface area contributed by atoms with Gasteiger partial charge in [-0.1, -0.05) is 32.6 Å². The summed E-state index contributed by atoms with van der Waals surface area (Å²) in [6.07, 6.45) is 2.54. The molecule has 0 saturated carbocycles. The number of unbranched alkanes of at least 4 members (excludes halogenated alkanes) is 6. The number of hydrogen-bond donors (Lipinski definition) is 4. The topological polar surface area (TPSA) is 298 Å². The van der Waals surface area contributed by atoms with Crippen molar-refractivity contribution in [2.75, 3.05) is 92.5 Å². The van der Waals surface area contributed by atoms with Crippen LogP contribution in [0, 0.1) is 28.6 Å². The van der Waals surface area contributed by atoms with Gasteiger partial charge in [0, 0.05) is 52.6 Å². The predicted molar refractivity (Wildman–Crippen MR) is 240 cm³/mol. The van der Waals surface area contributed by atoms with Gasteiger partial charge >= 0.3 is 29.1 Å². The summed E-state index contributed by atoms with van der Waals surface area (Å²) in [5.41, 5.74) is 5.97. The molecule has 6 unspecified atom stereocenters. The lowest BCUT2D eigenvalue weighted by molar-refractivity contribution is -0.267. The largest absolute Gasteiger partial charge is 0.463 e. The van der Waals surface area contributed by atoms with Crippen LogP contribution in [0.15, 0.2) is 0 Å². The van der Waals surface area contributed by atoms with Gasteiger partial charge in [0.2, 0.25) is 0 Å². The normalized spacial score (nSPS) is 24.9. The van der Waals surface area contributed by atoms with Gasteiger partial charge in [-0.3, -0.25) is 9.59 Å². The van der Waals surface area contributed by atoms with Gasteiger partial charge in [-0.05, 0) is 38.5 Å². The summed E-state index contributed by atoms with van der Waals surface area (Å²) >= 11 is 0. The second kappa shape index (κ2) is 39.8. The number of nitriles is 2. The van der Waals surface area contributed by atoms with Gasteiger partial charge in [0.1, 0.15) is 31.5 Å². The molecule has 2 aliphatic heterocycles. The minimum Gasteiger partial charge on any atom is -0.463 e. The van der Waals surface area contributed by atoms with E-state index in [1.54, 1.807) is 0 Å². The maximum Gasteiger partial charge on any atom is 0.332 e. The van der Waals surface area contributed by atoms with Crippen molar-refractivity contribution >= 4 is 29.1 Å². The lowest BCUT2D eigenvalue weighted by atomic mass is 9.95. The number of carbonyl (C=O) groups excluding carboxylic acids is 2. The molecule has 0 bridgehead atoms. The number of nitrogens with zero attached hydrogens (tertiary/aromatic N) is 2. The molecular formula is C43H77N3O19P2. The zero-order valence-electron chi connectivity index (χ0n) is 39.5. The highest BCUT2D eigenvalue weighted by molar-refractivity contribution is 7.41. The number of hydrogen-bond acceptors (Lipinski definition) is 22. The SMILES string of the molecule is CC(=O)OCC1CC(O)[C@H](C)[C@H](OCCCCCCOP(OCCC#N)OCCCOCCOCCCOP(OCCC#N)OCCCCCCO[C@@H]2OC(COC(C)=O)[C@H](O)[C@H](O)C2N)O1. The van der Waals surface area contributed by atoms with E-state index in [9.17, 15) is 24.9 Å². The molecule has 2 saturated heterocycles. The summed E-state index contributed by atoms with van der Waals surface area (Å²) < 4.78 is 78.9. The molecular weight excluding hydrogens is 924 g/mol. The molecule has 0 aromatic heterocycles. The number of carbonyl (C=O) groups is 2. The Hall–Kier alpha value is -1.86. The third kappa shape index (κ3) is 29.8. The molecule has 24 heteroatoms. The Bertz CT molecular complexity index is 1360. The number of esters is 2. The second-order valence-electron chi connectivity index (χ2n) is 15.8. The fraction of sp³-hybridized carbons (Fsp3) is 0.907. The van der Waals surface area contributed by atoms with Crippen LogP contribution in [0.4, 0.5) is 0 Å². The van der Waals surface area contributed by atoms with Gasteiger partial charge < -0.3 is 86.1 Å². The highest BCUT2D eigenvalue weighted by Gasteiger charge is 2.43. The maximum atomic E-state index is 11.1. The number of ether oxygens (including phenoxy) is 8. The van der Waals surface area contributed by atoms with Crippen LogP contribution in [-0.4, -0.2) is 169 Å². The molecule has 2 rings (SSSR count). The quantitative estimate of drug-likeness (QED) is 0.0376. The number of rotatable bonds is 41. The van der Waals surface area contributed by atoms with Gasteiger partial charge in [-0.2, -0.15) is 10.5 Å².